The number of nitrogens with one attached hydrogen (secondary N) is 1. The van der Waals surface area contributed by atoms with Crippen LogP contribution in [0.1, 0.15) is 20.9 Å². The SMILES string of the molecule is Cc1nc(NC(=O)c2ccccc2F)sc1CCO[N+](=O)[O-]. The number of hydrogen-bond donors (Lipinski definition) is 1. The fourth-order valence-corrected chi connectivity index (χ4v) is 2.67. The monoisotopic (exact) mass is 325 g/mol. The predicted octanol–water partition coefficient (Wildman–Crippen LogP) is 2.59. The third kappa shape index (κ3) is 3.98. The van der Waals surface area contributed by atoms with E-state index in [4.69, 9.17) is 0 Å². The number of carbonyl (C=O) groups excluding carboxylic acids is 1. The van der Waals surface area contributed by atoms with Gasteiger partial charge in [0, 0.05) is 11.3 Å². The van der Waals surface area contributed by atoms with Gasteiger partial charge in [-0.3, -0.25) is 10.1 Å². The largest absolute Gasteiger partial charge is 0.314 e. The van der Waals surface area contributed by atoms with Crippen molar-refractivity contribution in [1.82, 2.24) is 4.98 Å². The Morgan fingerprint density at radius 3 is 2.91 bits per heavy atom. The molecular weight excluding hydrogens is 313 g/mol. The van der Waals surface area contributed by atoms with Crippen molar-refractivity contribution in [1.29, 1.82) is 0 Å². The molecule has 0 atom stereocenters. The molecule has 0 saturated carbocycles. The van der Waals surface area contributed by atoms with Crippen LogP contribution in [0.4, 0.5) is 9.52 Å². The van der Waals surface area contributed by atoms with Gasteiger partial charge in [0.25, 0.3) is 11.0 Å². The molecule has 0 radical (unpaired) electrons. The first kappa shape index (κ1) is 15.8. The van der Waals surface area contributed by atoms with Crippen molar-refractivity contribution in [2.75, 3.05) is 11.9 Å². The molecule has 0 aliphatic rings. The molecule has 1 amide bonds. The molecule has 0 fully saturated rings. The lowest BCUT2D eigenvalue weighted by atomic mass is 10.2. The number of aromatic nitrogens is 1. The number of thiazole rings is 1. The van der Waals surface area contributed by atoms with Gasteiger partial charge in [-0.1, -0.05) is 12.1 Å². The maximum Gasteiger partial charge on any atom is 0.294 e. The van der Waals surface area contributed by atoms with Crippen LogP contribution in [0.2, 0.25) is 0 Å². The van der Waals surface area contributed by atoms with Crippen molar-refractivity contribution in [2.24, 2.45) is 0 Å². The fraction of sp³-hybridized carbons (Fsp3) is 0.231. The number of halogens is 1. The summed E-state index contributed by atoms with van der Waals surface area (Å²) in [6.45, 7) is 1.63. The van der Waals surface area contributed by atoms with Crippen molar-refractivity contribution in [2.45, 2.75) is 13.3 Å². The average molecular weight is 325 g/mol. The second-order valence-electron chi connectivity index (χ2n) is 4.27. The maximum atomic E-state index is 13.5. The van der Waals surface area contributed by atoms with E-state index in [1.807, 2.05) is 0 Å². The topological polar surface area (TPSA) is 94.4 Å². The lowest BCUT2D eigenvalue weighted by Crippen LogP contribution is -2.13. The summed E-state index contributed by atoms with van der Waals surface area (Å²) in [5, 5.41) is 12.0. The van der Waals surface area contributed by atoms with Crippen molar-refractivity contribution < 1.29 is 19.1 Å². The highest BCUT2D eigenvalue weighted by molar-refractivity contribution is 7.15. The molecule has 0 aliphatic carbocycles. The summed E-state index contributed by atoms with van der Waals surface area (Å²) in [6, 6.07) is 5.62. The summed E-state index contributed by atoms with van der Waals surface area (Å²) in [4.78, 5) is 31.2. The highest BCUT2D eigenvalue weighted by atomic mass is 32.1. The standard InChI is InChI=1S/C13H12FN3O4S/c1-8-11(6-7-21-17(19)20)22-13(15-8)16-12(18)9-4-2-3-5-10(9)14/h2-5H,6-7H2,1H3,(H,15,16,18). The molecule has 0 bridgehead atoms. The molecule has 22 heavy (non-hydrogen) atoms. The molecule has 7 nitrogen and oxygen atoms in total. The first-order valence-corrected chi connectivity index (χ1v) is 7.08. The van der Waals surface area contributed by atoms with E-state index in [0.29, 0.717) is 17.2 Å². The van der Waals surface area contributed by atoms with Crippen LogP contribution in [0.3, 0.4) is 0 Å². The molecule has 9 heteroatoms. The Kier molecular flexibility index (Phi) is 4.99. The average Bonchev–Trinajstić information content (AvgIpc) is 2.79. The van der Waals surface area contributed by atoms with E-state index in [-0.39, 0.29) is 12.2 Å². The van der Waals surface area contributed by atoms with Gasteiger partial charge in [0.15, 0.2) is 5.13 Å². The smallest absolute Gasteiger partial charge is 0.294 e. The molecule has 1 heterocycles. The quantitative estimate of drug-likeness (QED) is 0.651. The molecule has 0 spiro atoms. The number of anilines is 1. The summed E-state index contributed by atoms with van der Waals surface area (Å²) in [5.74, 6) is -1.21. The minimum Gasteiger partial charge on any atom is -0.314 e. The molecule has 2 rings (SSSR count). The van der Waals surface area contributed by atoms with Crippen LogP contribution in [0, 0.1) is 22.9 Å². The lowest BCUT2D eigenvalue weighted by Gasteiger charge is -2.02. The number of benzene rings is 1. The van der Waals surface area contributed by atoms with Crippen LogP contribution >= 0.6 is 11.3 Å². The minimum absolute atomic E-state index is 0.0754. The maximum absolute atomic E-state index is 13.5. The summed E-state index contributed by atoms with van der Waals surface area (Å²) in [6.07, 6.45) is 0.306. The number of hydrogen-bond acceptors (Lipinski definition) is 6. The first-order chi connectivity index (χ1) is 10.5. The van der Waals surface area contributed by atoms with Crippen LogP contribution in [0.25, 0.3) is 0 Å². The Hall–Kier alpha value is -2.55. The van der Waals surface area contributed by atoms with E-state index in [1.165, 1.54) is 29.5 Å². The molecular formula is C13H12FN3O4S. The predicted molar refractivity (Wildman–Crippen MR) is 77.9 cm³/mol. The van der Waals surface area contributed by atoms with Gasteiger partial charge >= 0.3 is 0 Å². The third-order valence-electron chi connectivity index (χ3n) is 2.76. The normalized spacial score (nSPS) is 10.3. The second kappa shape index (κ2) is 6.94. The molecule has 116 valence electrons. The number of carbonyl (C=O) groups is 1. The van der Waals surface area contributed by atoms with Crippen molar-refractivity contribution in [3.05, 3.63) is 56.3 Å². The molecule has 1 N–H and O–H groups in total. The number of nitrogens with zero attached hydrogens (tertiary/aromatic N) is 2. The fourth-order valence-electron chi connectivity index (χ4n) is 1.74. The highest BCUT2D eigenvalue weighted by Crippen LogP contribution is 2.24. The Morgan fingerprint density at radius 1 is 1.50 bits per heavy atom. The van der Waals surface area contributed by atoms with Crippen LogP contribution in [0.15, 0.2) is 24.3 Å². The highest BCUT2D eigenvalue weighted by Gasteiger charge is 2.14. The van der Waals surface area contributed by atoms with E-state index < -0.39 is 16.8 Å². The van der Waals surface area contributed by atoms with Crippen LogP contribution in [-0.2, 0) is 11.3 Å². The number of aryl methyl sites for hydroxylation is 1. The van der Waals surface area contributed by atoms with Crippen molar-refractivity contribution >= 4 is 22.4 Å². The molecule has 0 unspecified atom stereocenters. The Labute approximate surface area is 128 Å². The van der Waals surface area contributed by atoms with Gasteiger partial charge in [-0.05, 0) is 19.1 Å². The van der Waals surface area contributed by atoms with Gasteiger partial charge in [-0.2, -0.15) is 0 Å². The molecule has 0 saturated heterocycles. The van der Waals surface area contributed by atoms with E-state index in [0.717, 1.165) is 4.88 Å². The summed E-state index contributed by atoms with van der Waals surface area (Å²) in [5.41, 5.74) is 0.564. The molecule has 0 aliphatic heterocycles. The Balaban J connectivity index is 2.03. The van der Waals surface area contributed by atoms with Crippen molar-refractivity contribution in [3.63, 3.8) is 0 Å². The third-order valence-corrected chi connectivity index (χ3v) is 3.89. The Morgan fingerprint density at radius 2 is 2.23 bits per heavy atom. The van der Waals surface area contributed by atoms with Crippen LogP contribution < -0.4 is 5.32 Å². The Bertz CT molecular complexity index is 704. The minimum atomic E-state index is -0.864. The van der Waals surface area contributed by atoms with Gasteiger partial charge in [0.05, 0.1) is 11.3 Å². The summed E-state index contributed by atoms with van der Waals surface area (Å²) >= 11 is 1.17. The zero-order valence-electron chi connectivity index (χ0n) is 11.5. The van der Waals surface area contributed by atoms with Gasteiger partial charge in [0.1, 0.15) is 12.4 Å². The van der Waals surface area contributed by atoms with Crippen LogP contribution in [0.5, 0.6) is 0 Å². The summed E-state index contributed by atoms with van der Waals surface area (Å²) < 4.78 is 13.5. The van der Waals surface area contributed by atoms with Gasteiger partial charge in [-0.25, -0.2) is 9.37 Å². The zero-order chi connectivity index (χ0) is 16.1. The van der Waals surface area contributed by atoms with E-state index in [1.54, 1.807) is 13.0 Å². The number of rotatable bonds is 6. The molecule has 2 aromatic rings. The van der Waals surface area contributed by atoms with Crippen LogP contribution in [-0.4, -0.2) is 22.6 Å². The van der Waals surface area contributed by atoms with Gasteiger partial charge in [-0.15, -0.1) is 21.5 Å². The zero-order valence-corrected chi connectivity index (χ0v) is 12.4. The molecule has 1 aromatic heterocycles. The van der Waals surface area contributed by atoms with E-state index >= 15 is 0 Å². The number of amides is 1. The van der Waals surface area contributed by atoms with Gasteiger partial charge in [0.2, 0.25) is 0 Å². The van der Waals surface area contributed by atoms with Gasteiger partial charge < -0.3 is 4.84 Å². The van der Waals surface area contributed by atoms with E-state index in [2.05, 4.69) is 15.1 Å². The van der Waals surface area contributed by atoms with Crippen molar-refractivity contribution in [3.8, 4) is 0 Å². The van der Waals surface area contributed by atoms with E-state index in [9.17, 15) is 19.3 Å². The first-order valence-electron chi connectivity index (χ1n) is 6.27. The molecule has 1 aromatic carbocycles. The summed E-state index contributed by atoms with van der Waals surface area (Å²) in [7, 11) is 0. The second-order valence-corrected chi connectivity index (χ2v) is 5.35. The lowest BCUT2D eigenvalue weighted by molar-refractivity contribution is -0.757.